The Labute approximate surface area is 211 Å². The van der Waals surface area contributed by atoms with Crippen LogP contribution in [0, 0.1) is 0 Å². The van der Waals surface area contributed by atoms with Crippen LogP contribution < -0.4 is 15.9 Å². The molecule has 0 saturated carbocycles. The van der Waals surface area contributed by atoms with Crippen LogP contribution in [0.3, 0.4) is 0 Å². The molecular weight excluding hydrogens is 482 g/mol. The molecule has 2 saturated heterocycles. The maximum Gasteiger partial charge on any atom is 0.328 e. The first-order valence-corrected chi connectivity index (χ1v) is 12.3. The number of carbonyl (C=O) groups excluding carboxylic acids is 3. The molecule has 10 nitrogen and oxygen atoms in total. The quantitative estimate of drug-likeness (QED) is 0.529. The molecule has 2 aliphatic rings. The molecule has 2 fully saturated rings. The zero-order valence-corrected chi connectivity index (χ0v) is 20.7. The van der Waals surface area contributed by atoms with Gasteiger partial charge in [0, 0.05) is 27.2 Å². The van der Waals surface area contributed by atoms with Crippen LogP contribution in [-0.4, -0.2) is 63.9 Å². The lowest BCUT2D eigenvalue weighted by molar-refractivity contribution is -0.127. The van der Waals surface area contributed by atoms with Crippen LogP contribution in [0.4, 0.5) is 16.2 Å². The molecule has 0 bridgehead atoms. The Balaban J connectivity index is 1.31. The van der Waals surface area contributed by atoms with E-state index < -0.39 is 17.1 Å². The molecule has 0 atom stereocenters. The molecule has 1 aromatic heterocycles. The maximum absolute atomic E-state index is 13.0. The van der Waals surface area contributed by atoms with Crippen LogP contribution in [0.25, 0.3) is 17.1 Å². The summed E-state index contributed by atoms with van der Waals surface area (Å²) >= 11 is 0.791. The number of morpholine rings is 1. The number of nitrogens with zero attached hydrogens (tertiary/aromatic N) is 4. The second kappa shape index (κ2) is 9.67. The highest BCUT2D eigenvalue weighted by molar-refractivity contribution is 8.18. The van der Waals surface area contributed by atoms with E-state index in [9.17, 15) is 19.2 Å². The third-order valence-electron chi connectivity index (χ3n) is 6.30. The van der Waals surface area contributed by atoms with E-state index in [0.29, 0.717) is 43.1 Å². The second-order valence-corrected chi connectivity index (χ2v) is 9.57. The Morgan fingerprint density at radius 2 is 1.75 bits per heavy atom. The number of nitrogens with one attached hydrogen (secondary N) is 1. The Kier molecular flexibility index (Phi) is 6.42. The summed E-state index contributed by atoms with van der Waals surface area (Å²) < 4.78 is 8.48. The predicted octanol–water partition coefficient (Wildman–Crippen LogP) is 2.39. The number of hydrogen-bond acceptors (Lipinski definition) is 7. The minimum atomic E-state index is -0.524. The highest BCUT2D eigenvalue weighted by atomic mass is 32.2. The molecule has 0 unspecified atom stereocenters. The summed E-state index contributed by atoms with van der Waals surface area (Å²) in [6.07, 6.45) is 1.60. The van der Waals surface area contributed by atoms with Gasteiger partial charge in [-0.3, -0.25) is 28.4 Å². The largest absolute Gasteiger partial charge is 0.378 e. The lowest BCUT2D eigenvalue weighted by Crippen LogP contribution is -2.38. The summed E-state index contributed by atoms with van der Waals surface area (Å²) in [5.74, 6) is -0.983. The predicted molar refractivity (Wildman–Crippen MR) is 139 cm³/mol. The molecule has 11 heteroatoms. The van der Waals surface area contributed by atoms with Gasteiger partial charge in [-0.25, -0.2) is 4.79 Å². The lowest BCUT2D eigenvalue weighted by Gasteiger charge is -2.30. The third kappa shape index (κ3) is 4.42. The van der Waals surface area contributed by atoms with Crippen molar-refractivity contribution in [2.24, 2.45) is 14.1 Å². The summed E-state index contributed by atoms with van der Waals surface area (Å²) in [4.78, 5) is 53.8. The number of amides is 3. The third-order valence-corrected chi connectivity index (χ3v) is 7.21. The molecular formula is C25H25N5O5S. The number of benzene rings is 2. The monoisotopic (exact) mass is 507 g/mol. The minimum Gasteiger partial charge on any atom is -0.378 e. The summed E-state index contributed by atoms with van der Waals surface area (Å²) in [6.45, 7) is 2.26. The molecule has 5 rings (SSSR count). The Hall–Kier alpha value is -3.83. The number of ether oxygens (including phenoxy) is 1. The standard InChI is InChI=1S/C25H25N5O5S/c1-27-19-8-7-16(13-20(19)28(2)24(27)33)14-21-23(32)30(25(34)36-21)15-22(31)26-17-5-3-4-6-18(17)29-9-11-35-12-10-29/h3-8,13-14H,9-12,15H2,1-2H3,(H,26,31)/b21-14+. The number of anilines is 2. The van der Waals surface area contributed by atoms with E-state index in [4.69, 9.17) is 4.74 Å². The number of aryl methyl sites for hydroxylation is 2. The number of para-hydroxylation sites is 2. The number of hydrogen-bond donors (Lipinski definition) is 1. The van der Waals surface area contributed by atoms with Gasteiger partial charge in [-0.2, -0.15) is 0 Å². The Bertz CT molecular complexity index is 1470. The molecule has 2 aromatic carbocycles. The zero-order chi connectivity index (χ0) is 25.4. The van der Waals surface area contributed by atoms with Crippen LogP contribution in [0.15, 0.2) is 52.2 Å². The fourth-order valence-corrected chi connectivity index (χ4v) is 5.23. The molecule has 36 heavy (non-hydrogen) atoms. The van der Waals surface area contributed by atoms with Gasteiger partial charge in [-0.1, -0.05) is 18.2 Å². The van der Waals surface area contributed by atoms with Crippen LogP contribution in [-0.2, 0) is 28.4 Å². The number of imide groups is 1. The van der Waals surface area contributed by atoms with Crippen LogP contribution in [0.5, 0.6) is 0 Å². The van der Waals surface area contributed by atoms with Gasteiger partial charge < -0.3 is 15.0 Å². The van der Waals surface area contributed by atoms with Crippen molar-refractivity contribution < 1.29 is 19.1 Å². The highest BCUT2D eigenvalue weighted by Gasteiger charge is 2.36. The molecule has 2 aliphatic heterocycles. The smallest absolute Gasteiger partial charge is 0.328 e. The van der Waals surface area contributed by atoms with Crippen molar-refractivity contribution in [3.8, 4) is 0 Å². The van der Waals surface area contributed by atoms with Crippen molar-refractivity contribution >= 4 is 57.3 Å². The van der Waals surface area contributed by atoms with Crippen LogP contribution >= 0.6 is 11.8 Å². The van der Waals surface area contributed by atoms with Crippen LogP contribution in [0.2, 0.25) is 0 Å². The Morgan fingerprint density at radius 1 is 1.03 bits per heavy atom. The first kappa shape index (κ1) is 23.9. The number of fused-ring (bicyclic) bond motifs is 1. The summed E-state index contributed by atoms with van der Waals surface area (Å²) in [6, 6.07) is 12.8. The molecule has 186 valence electrons. The molecule has 0 aliphatic carbocycles. The maximum atomic E-state index is 13.0. The van der Waals surface area contributed by atoms with E-state index in [2.05, 4.69) is 10.2 Å². The summed E-state index contributed by atoms with van der Waals surface area (Å²) in [5.41, 5.74) is 3.50. The van der Waals surface area contributed by atoms with Gasteiger partial charge in [0.2, 0.25) is 5.91 Å². The molecule has 3 amide bonds. The normalized spacial score (nSPS) is 17.4. The average molecular weight is 508 g/mol. The van der Waals surface area contributed by atoms with E-state index in [-0.39, 0.29) is 17.1 Å². The van der Waals surface area contributed by atoms with Gasteiger partial charge in [0.05, 0.1) is 40.5 Å². The fraction of sp³-hybridized carbons (Fsp3) is 0.280. The number of thioether (sulfide) groups is 1. The van der Waals surface area contributed by atoms with E-state index in [0.717, 1.165) is 27.9 Å². The molecule has 1 N–H and O–H groups in total. The van der Waals surface area contributed by atoms with Crippen molar-refractivity contribution in [1.29, 1.82) is 0 Å². The van der Waals surface area contributed by atoms with Crippen LogP contribution in [0.1, 0.15) is 5.56 Å². The number of carbonyl (C=O) groups is 3. The average Bonchev–Trinajstić information content (AvgIpc) is 3.26. The van der Waals surface area contributed by atoms with Crippen molar-refractivity contribution in [3.05, 3.63) is 63.4 Å². The van der Waals surface area contributed by atoms with E-state index >= 15 is 0 Å². The number of rotatable bonds is 5. The van der Waals surface area contributed by atoms with Crippen molar-refractivity contribution in [2.75, 3.05) is 43.1 Å². The highest BCUT2D eigenvalue weighted by Crippen LogP contribution is 2.33. The Morgan fingerprint density at radius 3 is 2.53 bits per heavy atom. The molecule has 3 heterocycles. The SMILES string of the molecule is Cn1c(=O)n(C)c2cc(/C=C3/SC(=O)N(CC(=O)Nc4ccccc4N4CCOCC4)C3=O)ccc21. The van der Waals surface area contributed by atoms with Gasteiger partial charge in [0.1, 0.15) is 6.54 Å². The molecule has 0 spiro atoms. The number of aromatic nitrogens is 2. The van der Waals surface area contributed by atoms with Gasteiger partial charge in [-0.05, 0) is 47.7 Å². The summed E-state index contributed by atoms with van der Waals surface area (Å²) in [7, 11) is 3.37. The minimum absolute atomic E-state index is 0.149. The number of imidazole rings is 1. The van der Waals surface area contributed by atoms with Gasteiger partial charge in [0.15, 0.2) is 0 Å². The fourth-order valence-electron chi connectivity index (χ4n) is 4.39. The zero-order valence-electron chi connectivity index (χ0n) is 19.9. The first-order valence-electron chi connectivity index (χ1n) is 11.5. The van der Waals surface area contributed by atoms with E-state index in [1.807, 2.05) is 18.2 Å². The molecule has 0 radical (unpaired) electrons. The van der Waals surface area contributed by atoms with E-state index in [1.165, 1.54) is 4.57 Å². The summed E-state index contributed by atoms with van der Waals surface area (Å²) in [5, 5.41) is 2.34. The second-order valence-electron chi connectivity index (χ2n) is 8.58. The van der Waals surface area contributed by atoms with Crippen molar-refractivity contribution in [1.82, 2.24) is 14.0 Å². The lowest BCUT2D eigenvalue weighted by atomic mass is 10.2. The van der Waals surface area contributed by atoms with Crippen molar-refractivity contribution in [3.63, 3.8) is 0 Å². The first-order chi connectivity index (χ1) is 17.3. The van der Waals surface area contributed by atoms with Gasteiger partial charge >= 0.3 is 5.69 Å². The topological polar surface area (TPSA) is 106 Å². The van der Waals surface area contributed by atoms with E-state index in [1.54, 1.807) is 49.0 Å². The molecule has 3 aromatic rings. The van der Waals surface area contributed by atoms with Gasteiger partial charge in [-0.15, -0.1) is 0 Å². The van der Waals surface area contributed by atoms with Gasteiger partial charge in [0.25, 0.3) is 11.1 Å². The van der Waals surface area contributed by atoms with Crippen molar-refractivity contribution in [2.45, 2.75) is 0 Å².